The number of carbonyl (C=O) groups is 1. The molecule has 0 aliphatic carbocycles. The predicted octanol–water partition coefficient (Wildman–Crippen LogP) is 2.03. The van der Waals surface area contributed by atoms with E-state index in [9.17, 15) is 4.79 Å². The molecule has 0 aromatic heterocycles. The van der Waals surface area contributed by atoms with Crippen LogP contribution in [0.1, 0.15) is 18.4 Å². The van der Waals surface area contributed by atoms with Gasteiger partial charge in [-0.2, -0.15) is 0 Å². The van der Waals surface area contributed by atoms with Gasteiger partial charge >= 0.3 is 6.09 Å². The number of carbonyl (C=O) groups excluding carboxylic acids is 1. The fourth-order valence-corrected chi connectivity index (χ4v) is 2.29. The molecule has 0 spiro atoms. The van der Waals surface area contributed by atoms with E-state index in [0.29, 0.717) is 13.2 Å². The average molecular weight is 292 g/mol. The Labute approximate surface area is 126 Å². The summed E-state index contributed by atoms with van der Waals surface area (Å²) >= 11 is 0. The summed E-state index contributed by atoms with van der Waals surface area (Å²) in [5, 5.41) is 2.79. The maximum absolute atomic E-state index is 11.6. The Morgan fingerprint density at radius 2 is 2.10 bits per heavy atom. The molecule has 1 aliphatic heterocycles. The molecule has 0 saturated carbocycles. The second-order valence-corrected chi connectivity index (χ2v) is 5.15. The number of alkyl carbamates (subject to hydrolysis) is 1. The van der Waals surface area contributed by atoms with Gasteiger partial charge in [0.15, 0.2) is 0 Å². The molecule has 0 radical (unpaired) electrons. The van der Waals surface area contributed by atoms with Gasteiger partial charge in [-0.15, -0.1) is 0 Å². The highest BCUT2D eigenvalue weighted by Crippen LogP contribution is 2.01. The molecule has 1 aromatic carbocycles. The third-order valence-electron chi connectivity index (χ3n) is 3.45. The Morgan fingerprint density at radius 1 is 1.24 bits per heavy atom. The van der Waals surface area contributed by atoms with E-state index in [1.165, 1.54) is 0 Å². The van der Waals surface area contributed by atoms with E-state index < -0.39 is 0 Å². The highest BCUT2D eigenvalue weighted by Gasteiger charge is 2.08. The van der Waals surface area contributed by atoms with E-state index >= 15 is 0 Å². The molecule has 1 aliphatic rings. The lowest BCUT2D eigenvalue weighted by Gasteiger charge is -2.18. The van der Waals surface area contributed by atoms with Gasteiger partial charge in [0.25, 0.3) is 0 Å². The van der Waals surface area contributed by atoms with E-state index in [4.69, 9.17) is 9.47 Å². The van der Waals surface area contributed by atoms with Crippen LogP contribution in [0.3, 0.4) is 0 Å². The standard InChI is InChI=1S/C16H24N2O3/c19-16(21-14-15-6-2-1-3-7-15)17-8-4-9-18-10-5-12-20-13-11-18/h1-3,6-7H,4-5,8-14H2,(H,17,19). The Kier molecular flexibility index (Phi) is 7.04. The molecule has 0 unspecified atom stereocenters. The van der Waals surface area contributed by atoms with Gasteiger partial charge in [0.2, 0.25) is 0 Å². The topological polar surface area (TPSA) is 50.8 Å². The molecule has 1 heterocycles. The van der Waals surface area contributed by atoms with Crippen molar-refractivity contribution in [3.05, 3.63) is 35.9 Å². The zero-order valence-corrected chi connectivity index (χ0v) is 12.4. The fraction of sp³-hybridized carbons (Fsp3) is 0.562. The van der Waals surface area contributed by atoms with Crippen molar-refractivity contribution in [2.24, 2.45) is 0 Å². The van der Waals surface area contributed by atoms with Gasteiger partial charge in [0, 0.05) is 26.2 Å². The Morgan fingerprint density at radius 3 is 2.95 bits per heavy atom. The summed E-state index contributed by atoms with van der Waals surface area (Å²) in [6, 6.07) is 9.68. The van der Waals surface area contributed by atoms with Crippen LogP contribution in [0.4, 0.5) is 4.79 Å². The lowest BCUT2D eigenvalue weighted by Crippen LogP contribution is -2.31. The van der Waals surface area contributed by atoms with Crippen molar-refractivity contribution in [2.45, 2.75) is 19.4 Å². The van der Waals surface area contributed by atoms with E-state index in [-0.39, 0.29) is 6.09 Å². The lowest BCUT2D eigenvalue weighted by molar-refractivity contribution is 0.137. The van der Waals surface area contributed by atoms with Gasteiger partial charge in [-0.25, -0.2) is 4.79 Å². The molecule has 1 fully saturated rings. The quantitative estimate of drug-likeness (QED) is 0.815. The first-order chi connectivity index (χ1) is 10.3. The summed E-state index contributed by atoms with van der Waals surface area (Å²) in [5.41, 5.74) is 0.997. The smallest absolute Gasteiger partial charge is 0.407 e. The van der Waals surface area contributed by atoms with Crippen molar-refractivity contribution in [3.8, 4) is 0 Å². The number of amides is 1. The van der Waals surface area contributed by atoms with Gasteiger partial charge in [-0.05, 0) is 24.9 Å². The third kappa shape index (κ3) is 6.60. The van der Waals surface area contributed by atoms with Crippen LogP contribution in [0.2, 0.25) is 0 Å². The molecular formula is C16H24N2O3. The highest BCUT2D eigenvalue weighted by molar-refractivity contribution is 5.67. The number of nitrogens with zero attached hydrogens (tertiary/aromatic N) is 1. The van der Waals surface area contributed by atoms with Crippen molar-refractivity contribution in [3.63, 3.8) is 0 Å². The van der Waals surface area contributed by atoms with Gasteiger partial charge in [-0.1, -0.05) is 30.3 Å². The van der Waals surface area contributed by atoms with Crippen LogP contribution in [-0.2, 0) is 16.1 Å². The van der Waals surface area contributed by atoms with Crippen LogP contribution >= 0.6 is 0 Å². The van der Waals surface area contributed by atoms with E-state index in [0.717, 1.165) is 51.3 Å². The Hall–Kier alpha value is -1.59. The molecule has 1 saturated heterocycles. The van der Waals surface area contributed by atoms with Crippen molar-refractivity contribution in [1.82, 2.24) is 10.2 Å². The van der Waals surface area contributed by atoms with Crippen LogP contribution in [0, 0.1) is 0 Å². The second-order valence-electron chi connectivity index (χ2n) is 5.15. The van der Waals surface area contributed by atoms with Crippen molar-refractivity contribution >= 4 is 6.09 Å². The molecule has 5 heteroatoms. The molecule has 116 valence electrons. The molecule has 1 amide bonds. The Bertz CT molecular complexity index is 403. The maximum Gasteiger partial charge on any atom is 0.407 e. The van der Waals surface area contributed by atoms with Crippen molar-refractivity contribution in [1.29, 1.82) is 0 Å². The fourth-order valence-electron chi connectivity index (χ4n) is 2.29. The summed E-state index contributed by atoms with van der Waals surface area (Å²) in [6.07, 6.45) is 1.67. The van der Waals surface area contributed by atoms with Gasteiger partial charge in [-0.3, -0.25) is 0 Å². The van der Waals surface area contributed by atoms with Gasteiger partial charge < -0.3 is 19.7 Å². The summed E-state index contributed by atoms with van der Waals surface area (Å²) in [7, 11) is 0. The molecule has 1 aromatic rings. The van der Waals surface area contributed by atoms with Gasteiger partial charge in [0.05, 0.1) is 6.61 Å². The minimum atomic E-state index is -0.349. The molecular weight excluding hydrogens is 268 g/mol. The van der Waals surface area contributed by atoms with Crippen molar-refractivity contribution in [2.75, 3.05) is 39.4 Å². The summed E-state index contributed by atoms with van der Waals surface area (Å²) in [4.78, 5) is 13.9. The van der Waals surface area contributed by atoms with E-state index in [1.54, 1.807) is 0 Å². The largest absolute Gasteiger partial charge is 0.445 e. The molecule has 2 rings (SSSR count). The van der Waals surface area contributed by atoms with E-state index in [2.05, 4.69) is 10.2 Å². The number of hydrogen-bond donors (Lipinski definition) is 1. The molecule has 0 atom stereocenters. The number of rotatable bonds is 6. The molecule has 21 heavy (non-hydrogen) atoms. The number of ether oxygens (including phenoxy) is 2. The summed E-state index contributed by atoms with van der Waals surface area (Å²) in [5.74, 6) is 0. The van der Waals surface area contributed by atoms with E-state index in [1.807, 2.05) is 30.3 Å². The summed E-state index contributed by atoms with van der Waals surface area (Å²) in [6.45, 7) is 5.69. The maximum atomic E-state index is 11.6. The van der Waals surface area contributed by atoms with Crippen LogP contribution in [0.15, 0.2) is 30.3 Å². The average Bonchev–Trinajstić information content (AvgIpc) is 2.79. The van der Waals surface area contributed by atoms with Crippen molar-refractivity contribution < 1.29 is 14.3 Å². The normalized spacial score (nSPS) is 16.2. The SMILES string of the molecule is O=C(NCCCN1CCCOCC1)OCc1ccccc1. The minimum absolute atomic E-state index is 0.316. The third-order valence-corrected chi connectivity index (χ3v) is 3.45. The minimum Gasteiger partial charge on any atom is -0.445 e. The first-order valence-corrected chi connectivity index (χ1v) is 7.59. The Balaban J connectivity index is 1.52. The molecule has 5 nitrogen and oxygen atoms in total. The second kappa shape index (κ2) is 9.37. The first kappa shape index (κ1) is 15.8. The monoisotopic (exact) mass is 292 g/mol. The van der Waals surface area contributed by atoms with Crippen LogP contribution in [-0.4, -0.2) is 50.4 Å². The molecule has 1 N–H and O–H groups in total. The zero-order chi connectivity index (χ0) is 14.8. The number of nitrogens with one attached hydrogen (secondary N) is 1. The highest BCUT2D eigenvalue weighted by atomic mass is 16.5. The van der Waals surface area contributed by atoms with Crippen LogP contribution in [0.5, 0.6) is 0 Å². The first-order valence-electron chi connectivity index (χ1n) is 7.59. The summed E-state index contributed by atoms with van der Waals surface area (Å²) < 4.78 is 10.6. The van der Waals surface area contributed by atoms with Crippen LogP contribution < -0.4 is 5.32 Å². The lowest BCUT2D eigenvalue weighted by atomic mass is 10.2. The molecule has 0 bridgehead atoms. The number of hydrogen-bond acceptors (Lipinski definition) is 4. The zero-order valence-electron chi connectivity index (χ0n) is 12.4. The van der Waals surface area contributed by atoms with Gasteiger partial charge in [0.1, 0.15) is 6.61 Å². The van der Waals surface area contributed by atoms with Crippen LogP contribution in [0.25, 0.3) is 0 Å². The number of benzene rings is 1. The predicted molar refractivity (Wildman–Crippen MR) is 81.1 cm³/mol.